The average molecular weight is 634 g/mol. The van der Waals surface area contributed by atoms with Crippen LogP contribution in [0.1, 0.15) is 31.1 Å². The van der Waals surface area contributed by atoms with Crippen molar-refractivity contribution >= 4 is 54.9 Å². The van der Waals surface area contributed by atoms with Gasteiger partial charge in [-0.05, 0) is 67.6 Å². The smallest absolute Gasteiger partial charge is 0.336 e. The summed E-state index contributed by atoms with van der Waals surface area (Å²) in [5, 5.41) is 24.1. The molecule has 0 aromatic heterocycles. The third-order valence-electron chi connectivity index (χ3n) is 7.47. The summed E-state index contributed by atoms with van der Waals surface area (Å²) >= 11 is 0. The molecule has 1 amide bonds. The van der Waals surface area contributed by atoms with Crippen molar-refractivity contribution in [3.63, 3.8) is 0 Å². The molecule has 5 aromatic rings. The molecule has 0 heterocycles. The lowest BCUT2D eigenvalue weighted by atomic mass is 10.0. The van der Waals surface area contributed by atoms with Crippen LogP contribution in [0.25, 0.3) is 0 Å². The fourth-order valence-corrected chi connectivity index (χ4v) is 9.87. The van der Waals surface area contributed by atoms with Crippen LogP contribution < -0.4 is 21.2 Å². The van der Waals surface area contributed by atoms with Crippen molar-refractivity contribution in [1.82, 2.24) is 4.90 Å². The predicted octanol–water partition coefficient (Wildman–Crippen LogP) is 5.79. The zero-order valence-electron chi connectivity index (χ0n) is 24.6. The van der Waals surface area contributed by atoms with Crippen LogP contribution in [0, 0.1) is 0 Å². The van der Waals surface area contributed by atoms with E-state index in [1.807, 2.05) is 77.7 Å². The van der Waals surface area contributed by atoms with Gasteiger partial charge in [-0.2, -0.15) is 0 Å². The quantitative estimate of drug-likeness (QED) is 0.160. The van der Waals surface area contributed by atoms with Gasteiger partial charge in [-0.25, -0.2) is 9.59 Å². The van der Waals surface area contributed by atoms with Crippen molar-refractivity contribution in [1.29, 1.82) is 0 Å². The molecule has 45 heavy (non-hydrogen) atoms. The molecule has 0 fully saturated rings. The molecule has 0 aliphatic heterocycles. The fourth-order valence-electron chi connectivity index (χ4n) is 5.23. The van der Waals surface area contributed by atoms with Gasteiger partial charge in [0.2, 0.25) is 0 Å². The zero-order valence-corrected chi connectivity index (χ0v) is 26.4. The molecule has 0 aliphatic rings. The molecule has 0 saturated heterocycles. The Morgan fingerprint density at radius 3 is 1.18 bits per heavy atom. The van der Waals surface area contributed by atoms with E-state index in [0.29, 0.717) is 25.4 Å². The van der Waals surface area contributed by atoms with Crippen LogP contribution >= 0.6 is 15.8 Å². The lowest BCUT2D eigenvalue weighted by molar-refractivity contribution is 0.0650. The highest BCUT2D eigenvalue weighted by molar-refractivity contribution is 7.73. The Bertz CT molecular complexity index is 1570. The molecular weight excluding hydrogens is 600 g/mol. The average Bonchev–Trinajstić information content (AvgIpc) is 3.08. The second-order valence-electron chi connectivity index (χ2n) is 10.3. The fraction of sp³-hybridized carbons (Fsp3) is 0.108. The number of carboxylic acid groups (broad SMARTS) is 2. The number of carboxylic acids is 2. The van der Waals surface area contributed by atoms with Crippen LogP contribution in [-0.4, -0.2) is 58.4 Å². The van der Waals surface area contributed by atoms with E-state index in [-0.39, 0.29) is 17.0 Å². The van der Waals surface area contributed by atoms with Crippen molar-refractivity contribution in [2.75, 3.05) is 25.4 Å². The topological polar surface area (TPSA) is 94.9 Å². The molecule has 8 heteroatoms. The normalized spacial score (nSPS) is 11.0. The number of carbonyl (C=O) groups excluding carboxylic acids is 1. The van der Waals surface area contributed by atoms with Crippen molar-refractivity contribution in [2.24, 2.45) is 0 Å². The molecular formula is C37H33NO5P2. The number of amides is 1. The number of carbonyl (C=O) groups is 3. The molecule has 0 atom stereocenters. The number of benzene rings is 5. The standard InChI is InChI=1S/C37H33NO5P2/c39-35(28-21-22-33(36(40)41)34(27-28)37(42)43)38(23-25-44(29-13-5-1-6-14-29)30-15-7-2-8-16-30)24-26-45(31-17-9-3-10-18-31)32-19-11-4-12-20-32/h1-22,27H,23-26H2,(H,40,41)(H,42,43). The third-order valence-corrected chi connectivity index (χ3v) is 12.5. The van der Waals surface area contributed by atoms with Crippen LogP contribution in [0.3, 0.4) is 0 Å². The van der Waals surface area contributed by atoms with Gasteiger partial charge in [0.25, 0.3) is 5.91 Å². The Morgan fingerprint density at radius 1 is 0.489 bits per heavy atom. The maximum absolute atomic E-state index is 14.2. The first-order valence-corrected chi connectivity index (χ1v) is 17.6. The van der Waals surface area contributed by atoms with E-state index in [4.69, 9.17) is 0 Å². The summed E-state index contributed by atoms with van der Waals surface area (Å²) in [5.41, 5.74) is -0.594. The van der Waals surface area contributed by atoms with Gasteiger partial charge in [-0.3, -0.25) is 4.79 Å². The molecule has 0 saturated carbocycles. The molecule has 2 N–H and O–H groups in total. The van der Waals surface area contributed by atoms with Crippen LogP contribution in [0.2, 0.25) is 0 Å². The lowest BCUT2D eigenvalue weighted by Crippen LogP contribution is -2.37. The zero-order chi connectivity index (χ0) is 31.6. The van der Waals surface area contributed by atoms with E-state index in [2.05, 4.69) is 48.5 Å². The summed E-state index contributed by atoms with van der Waals surface area (Å²) in [5.74, 6) is -3.06. The molecule has 0 spiro atoms. The summed E-state index contributed by atoms with van der Waals surface area (Å²) in [7, 11) is -1.56. The molecule has 6 nitrogen and oxygen atoms in total. The molecule has 5 aromatic carbocycles. The Balaban J connectivity index is 1.49. The van der Waals surface area contributed by atoms with E-state index in [0.717, 1.165) is 0 Å². The second-order valence-corrected chi connectivity index (χ2v) is 15.0. The SMILES string of the molecule is O=C(O)c1ccc(C(=O)N(CCP(c2ccccc2)c2ccccc2)CCP(c2ccccc2)c2ccccc2)cc1C(=O)O. The van der Waals surface area contributed by atoms with Gasteiger partial charge in [0.05, 0.1) is 11.1 Å². The molecule has 0 bridgehead atoms. The Hall–Kier alpha value is -4.63. The first-order chi connectivity index (χ1) is 21.9. The van der Waals surface area contributed by atoms with Crippen LogP contribution in [0.4, 0.5) is 0 Å². The summed E-state index contributed by atoms with van der Waals surface area (Å²) < 4.78 is 0. The lowest BCUT2D eigenvalue weighted by Gasteiger charge is -2.29. The highest BCUT2D eigenvalue weighted by Crippen LogP contribution is 2.35. The van der Waals surface area contributed by atoms with Gasteiger partial charge in [0, 0.05) is 18.7 Å². The minimum atomic E-state index is -1.39. The monoisotopic (exact) mass is 633 g/mol. The van der Waals surface area contributed by atoms with Crippen molar-refractivity contribution in [2.45, 2.75) is 0 Å². The van der Waals surface area contributed by atoms with E-state index in [1.54, 1.807) is 0 Å². The first-order valence-electron chi connectivity index (χ1n) is 14.6. The summed E-state index contributed by atoms with van der Waals surface area (Å²) in [4.78, 5) is 39.6. The van der Waals surface area contributed by atoms with E-state index in [1.165, 1.54) is 39.4 Å². The Kier molecular flexibility index (Phi) is 10.9. The number of hydrogen-bond acceptors (Lipinski definition) is 3. The second kappa shape index (κ2) is 15.4. The van der Waals surface area contributed by atoms with Crippen LogP contribution in [0.5, 0.6) is 0 Å². The van der Waals surface area contributed by atoms with Crippen LogP contribution in [-0.2, 0) is 0 Å². The first kappa shape index (κ1) is 31.8. The Morgan fingerprint density at radius 2 is 0.844 bits per heavy atom. The largest absolute Gasteiger partial charge is 0.478 e. The molecule has 5 rings (SSSR count). The summed E-state index contributed by atoms with van der Waals surface area (Å²) in [6.45, 7) is 0.897. The molecule has 226 valence electrons. The number of hydrogen-bond donors (Lipinski definition) is 2. The van der Waals surface area contributed by atoms with E-state index >= 15 is 0 Å². The molecule has 0 unspecified atom stereocenters. The van der Waals surface area contributed by atoms with Crippen molar-refractivity contribution < 1.29 is 24.6 Å². The molecule has 0 radical (unpaired) electrons. The maximum Gasteiger partial charge on any atom is 0.336 e. The van der Waals surface area contributed by atoms with E-state index < -0.39 is 33.3 Å². The summed E-state index contributed by atoms with van der Waals surface area (Å²) in [6.07, 6.45) is 1.42. The third kappa shape index (κ3) is 8.10. The van der Waals surface area contributed by atoms with Crippen molar-refractivity contribution in [3.8, 4) is 0 Å². The van der Waals surface area contributed by atoms with Crippen LogP contribution in [0.15, 0.2) is 140 Å². The van der Waals surface area contributed by atoms with E-state index in [9.17, 15) is 24.6 Å². The maximum atomic E-state index is 14.2. The Labute approximate surface area is 265 Å². The van der Waals surface area contributed by atoms with Crippen molar-refractivity contribution in [3.05, 3.63) is 156 Å². The van der Waals surface area contributed by atoms with Gasteiger partial charge in [-0.1, -0.05) is 121 Å². The highest BCUT2D eigenvalue weighted by Gasteiger charge is 2.25. The minimum Gasteiger partial charge on any atom is -0.478 e. The minimum absolute atomic E-state index is 0.157. The van der Waals surface area contributed by atoms with Gasteiger partial charge < -0.3 is 15.1 Å². The number of nitrogens with zero attached hydrogens (tertiary/aromatic N) is 1. The van der Waals surface area contributed by atoms with Gasteiger partial charge in [-0.15, -0.1) is 0 Å². The summed E-state index contributed by atoms with van der Waals surface area (Å²) in [6, 6.07) is 45.0. The number of aromatic carboxylic acids is 2. The van der Waals surface area contributed by atoms with Gasteiger partial charge >= 0.3 is 11.9 Å². The van der Waals surface area contributed by atoms with Gasteiger partial charge in [0.1, 0.15) is 0 Å². The number of rotatable bonds is 13. The van der Waals surface area contributed by atoms with Gasteiger partial charge in [0.15, 0.2) is 0 Å². The highest BCUT2D eigenvalue weighted by atomic mass is 31.1. The predicted molar refractivity (Wildman–Crippen MR) is 184 cm³/mol. The molecule has 0 aliphatic carbocycles.